The number of ether oxygens (including phenoxy) is 2. The van der Waals surface area contributed by atoms with Gasteiger partial charge in [-0.2, -0.15) is 5.10 Å². The topological polar surface area (TPSA) is 73.2 Å². The molecule has 2 aromatic carbocycles. The van der Waals surface area contributed by atoms with E-state index in [1.165, 1.54) is 0 Å². The third-order valence-electron chi connectivity index (χ3n) is 3.51. The van der Waals surface area contributed by atoms with Gasteiger partial charge in [-0.15, -0.1) is 0 Å². The SMILES string of the molecule is COCCOc1cccc(-c2cc(-c3ccccc3N)[nH]n2)c1. The molecule has 0 saturated heterocycles. The minimum absolute atomic E-state index is 0.520. The fourth-order valence-electron chi connectivity index (χ4n) is 2.34. The molecule has 3 N–H and O–H groups in total. The van der Waals surface area contributed by atoms with Gasteiger partial charge in [-0.1, -0.05) is 30.3 Å². The lowest BCUT2D eigenvalue weighted by atomic mass is 10.1. The highest BCUT2D eigenvalue weighted by atomic mass is 16.5. The molecule has 118 valence electrons. The van der Waals surface area contributed by atoms with Crippen molar-refractivity contribution in [2.45, 2.75) is 0 Å². The summed E-state index contributed by atoms with van der Waals surface area (Å²) in [4.78, 5) is 0. The second-order valence-electron chi connectivity index (χ2n) is 5.12. The first-order chi connectivity index (χ1) is 11.3. The van der Waals surface area contributed by atoms with E-state index in [0.717, 1.165) is 34.0 Å². The molecule has 23 heavy (non-hydrogen) atoms. The van der Waals surface area contributed by atoms with Gasteiger partial charge in [0.15, 0.2) is 0 Å². The minimum Gasteiger partial charge on any atom is -0.491 e. The number of nitrogens with two attached hydrogens (primary N) is 1. The molecule has 0 atom stereocenters. The van der Waals surface area contributed by atoms with Crippen LogP contribution in [0.25, 0.3) is 22.5 Å². The van der Waals surface area contributed by atoms with Crippen molar-refractivity contribution in [3.05, 3.63) is 54.6 Å². The summed E-state index contributed by atoms with van der Waals surface area (Å²) in [5, 5.41) is 7.42. The van der Waals surface area contributed by atoms with Gasteiger partial charge in [-0.3, -0.25) is 5.10 Å². The first kappa shape index (κ1) is 15.1. The molecule has 0 bridgehead atoms. The zero-order valence-electron chi connectivity index (χ0n) is 13.0. The number of methoxy groups -OCH3 is 1. The Balaban J connectivity index is 1.83. The van der Waals surface area contributed by atoms with Gasteiger partial charge in [0.25, 0.3) is 0 Å². The van der Waals surface area contributed by atoms with Crippen molar-refractivity contribution < 1.29 is 9.47 Å². The minimum atomic E-state index is 0.520. The Morgan fingerprint density at radius 3 is 2.74 bits per heavy atom. The third-order valence-corrected chi connectivity index (χ3v) is 3.51. The van der Waals surface area contributed by atoms with Crippen LogP contribution in [0.2, 0.25) is 0 Å². The number of aromatic amines is 1. The smallest absolute Gasteiger partial charge is 0.120 e. The Kier molecular flexibility index (Phi) is 4.59. The lowest BCUT2D eigenvalue weighted by molar-refractivity contribution is 0.146. The number of aromatic nitrogens is 2. The normalized spacial score (nSPS) is 10.7. The van der Waals surface area contributed by atoms with Crippen molar-refractivity contribution in [2.24, 2.45) is 0 Å². The van der Waals surface area contributed by atoms with E-state index >= 15 is 0 Å². The molecule has 0 aliphatic heterocycles. The number of nitrogen functional groups attached to an aromatic ring is 1. The van der Waals surface area contributed by atoms with E-state index in [-0.39, 0.29) is 0 Å². The first-order valence-electron chi connectivity index (χ1n) is 7.40. The number of rotatable bonds is 6. The zero-order valence-corrected chi connectivity index (χ0v) is 13.0. The average molecular weight is 309 g/mol. The number of para-hydroxylation sites is 1. The predicted molar refractivity (Wildman–Crippen MR) is 91.2 cm³/mol. The Labute approximate surface area is 135 Å². The zero-order chi connectivity index (χ0) is 16.1. The van der Waals surface area contributed by atoms with E-state index in [1.54, 1.807) is 7.11 Å². The molecule has 0 aliphatic carbocycles. The summed E-state index contributed by atoms with van der Waals surface area (Å²) in [5.74, 6) is 0.795. The molecule has 0 spiro atoms. The largest absolute Gasteiger partial charge is 0.491 e. The quantitative estimate of drug-likeness (QED) is 0.541. The van der Waals surface area contributed by atoms with E-state index < -0.39 is 0 Å². The summed E-state index contributed by atoms with van der Waals surface area (Å²) in [6, 6.07) is 17.5. The molecule has 1 aromatic heterocycles. The molecular formula is C18H19N3O2. The van der Waals surface area contributed by atoms with Gasteiger partial charge in [-0.25, -0.2) is 0 Å². The number of hydrogen-bond donors (Lipinski definition) is 2. The van der Waals surface area contributed by atoms with Crippen molar-refractivity contribution >= 4 is 5.69 Å². The maximum absolute atomic E-state index is 6.01. The Morgan fingerprint density at radius 1 is 1.04 bits per heavy atom. The van der Waals surface area contributed by atoms with Gasteiger partial charge < -0.3 is 15.2 Å². The molecule has 1 heterocycles. The number of nitrogens with one attached hydrogen (secondary N) is 1. The van der Waals surface area contributed by atoms with Crippen molar-refractivity contribution in [3.63, 3.8) is 0 Å². The van der Waals surface area contributed by atoms with Crippen LogP contribution in [0.3, 0.4) is 0 Å². The third kappa shape index (κ3) is 3.52. The lowest BCUT2D eigenvalue weighted by Crippen LogP contribution is -2.04. The van der Waals surface area contributed by atoms with Gasteiger partial charge in [0.1, 0.15) is 12.4 Å². The predicted octanol–water partition coefficient (Wildman–Crippen LogP) is 3.35. The van der Waals surface area contributed by atoms with E-state index in [0.29, 0.717) is 13.2 Å². The van der Waals surface area contributed by atoms with Crippen molar-refractivity contribution in [1.29, 1.82) is 0 Å². The second-order valence-corrected chi connectivity index (χ2v) is 5.12. The fraction of sp³-hybridized carbons (Fsp3) is 0.167. The van der Waals surface area contributed by atoms with E-state index in [1.807, 2.05) is 54.6 Å². The number of hydrogen-bond acceptors (Lipinski definition) is 4. The van der Waals surface area contributed by atoms with Crippen LogP contribution in [0.5, 0.6) is 5.75 Å². The van der Waals surface area contributed by atoms with Gasteiger partial charge in [0, 0.05) is 23.9 Å². The molecule has 0 amide bonds. The highest BCUT2D eigenvalue weighted by Crippen LogP contribution is 2.28. The van der Waals surface area contributed by atoms with Crippen LogP contribution in [-0.2, 0) is 4.74 Å². The van der Waals surface area contributed by atoms with Crippen LogP contribution in [-0.4, -0.2) is 30.5 Å². The lowest BCUT2D eigenvalue weighted by Gasteiger charge is -2.06. The number of H-pyrrole nitrogens is 1. The monoisotopic (exact) mass is 309 g/mol. The summed E-state index contributed by atoms with van der Waals surface area (Å²) >= 11 is 0. The number of anilines is 1. The number of benzene rings is 2. The molecule has 0 unspecified atom stereocenters. The van der Waals surface area contributed by atoms with Gasteiger partial charge in [0.05, 0.1) is 18.0 Å². The van der Waals surface area contributed by atoms with Crippen LogP contribution >= 0.6 is 0 Å². The Morgan fingerprint density at radius 2 is 1.91 bits per heavy atom. The standard InChI is InChI=1S/C18H19N3O2/c1-22-9-10-23-14-6-4-5-13(11-14)17-12-18(21-20-17)15-7-2-3-8-16(15)19/h2-8,11-12H,9-10,19H2,1H3,(H,20,21). The molecule has 3 aromatic rings. The van der Waals surface area contributed by atoms with Gasteiger partial charge >= 0.3 is 0 Å². The molecule has 0 saturated carbocycles. The molecule has 3 rings (SSSR count). The Bertz CT molecular complexity index is 783. The van der Waals surface area contributed by atoms with Gasteiger partial charge in [0.2, 0.25) is 0 Å². The molecule has 5 heteroatoms. The van der Waals surface area contributed by atoms with Crippen LogP contribution in [0, 0.1) is 0 Å². The van der Waals surface area contributed by atoms with E-state index in [2.05, 4.69) is 10.2 Å². The van der Waals surface area contributed by atoms with E-state index in [4.69, 9.17) is 15.2 Å². The maximum atomic E-state index is 6.01. The van der Waals surface area contributed by atoms with Crippen molar-refractivity contribution in [3.8, 4) is 28.3 Å². The summed E-state index contributed by atoms with van der Waals surface area (Å²) in [6.07, 6.45) is 0. The average Bonchev–Trinajstić information content (AvgIpc) is 3.06. The van der Waals surface area contributed by atoms with Crippen molar-refractivity contribution in [2.75, 3.05) is 26.1 Å². The highest BCUT2D eigenvalue weighted by molar-refractivity contribution is 5.76. The molecule has 0 aliphatic rings. The molecule has 5 nitrogen and oxygen atoms in total. The van der Waals surface area contributed by atoms with Crippen molar-refractivity contribution in [1.82, 2.24) is 10.2 Å². The molecule has 0 fully saturated rings. The summed E-state index contributed by atoms with van der Waals surface area (Å²) in [6.45, 7) is 1.08. The van der Waals surface area contributed by atoms with Gasteiger partial charge in [-0.05, 0) is 24.3 Å². The van der Waals surface area contributed by atoms with Crippen LogP contribution < -0.4 is 10.5 Å². The summed E-state index contributed by atoms with van der Waals surface area (Å²) < 4.78 is 10.6. The van der Waals surface area contributed by atoms with Crippen LogP contribution in [0.4, 0.5) is 5.69 Å². The van der Waals surface area contributed by atoms with Crippen LogP contribution in [0.15, 0.2) is 54.6 Å². The molecule has 0 radical (unpaired) electrons. The maximum Gasteiger partial charge on any atom is 0.120 e. The van der Waals surface area contributed by atoms with Crippen LogP contribution in [0.1, 0.15) is 0 Å². The summed E-state index contributed by atoms with van der Waals surface area (Å²) in [5.41, 5.74) is 10.4. The second kappa shape index (κ2) is 6.98. The summed E-state index contributed by atoms with van der Waals surface area (Å²) in [7, 11) is 1.65. The highest BCUT2D eigenvalue weighted by Gasteiger charge is 2.08. The molecular weight excluding hydrogens is 290 g/mol. The van der Waals surface area contributed by atoms with E-state index in [9.17, 15) is 0 Å². The first-order valence-corrected chi connectivity index (χ1v) is 7.40. The Hall–Kier alpha value is -2.79. The fourth-order valence-corrected chi connectivity index (χ4v) is 2.34. The number of nitrogens with zero attached hydrogens (tertiary/aromatic N) is 1.